The molecule has 1 saturated heterocycles. The Kier molecular flexibility index (Phi) is 4.41. The van der Waals surface area contributed by atoms with Gasteiger partial charge in [-0.3, -0.25) is 9.59 Å². The molecule has 0 aromatic heterocycles. The summed E-state index contributed by atoms with van der Waals surface area (Å²) < 4.78 is 0. The third-order valence-corrected chi connectivity index (χ3v) is 3.54. The number of benzene rings is 1. The minimum Gasteiger partial charge on any atom is -0.340 e. The quantitative estimate of drug-likeness (QED) is 0.842. The molecule has 1 fully saturated rings. The predicted molar refractivity (Wildman–Crippen MR) is 76.5 cm³/mol. The van der Waals surface area contributed by atoms with Crippen LogP contribution < -0.4 is 5.32 Å². The maximum absolute atomic E-state index is 12.1. The standard InChI is InChI=1S/C16H18N2O2/c1-3-7-15(19)17-14-10-16(20)18(12(14)2)11-13-8-5-4-6-9-13/h4-6,8-9,12,14H,10-11H2,1-2H3,(H,17,19). The van der Waals surface area contributed by atoms with Gasteiger partial charge in [-0.1, -0.05) is 36.3 Å². The number of nitrogens with one attached hydrogen (secondary N) is 1. The molecule has 0 bridgehead atoms. The summed E-state index contributed by atoms with van der Waals surface area (Å²) in [5.41, 5.74) is 1.09. The van der Waals surface area contributed by atoms with E-state index in [-0.39, 0.29) is 23.9 Å². The number of hydrogen-bond donors (Lipinski definition) is 1. The van der Waals surface area contributed by atoms with Gasteiger partial charge in [0.1, 0.15) is 0 Å². The third kappa shape index (κ3) is 3.18. The van der Waals surface area contributed by atoms with Crippen molar-refractivity contribution in [3.05, 3.63) is 35.9 Å². The van der Waals surface area contributed by atoms with Crippen LogP contribution in [0.15, 0.2) is 30.3 Å². The summed E-state index contributed by atoms with van der Waals surface area (Å²) in [7, 11) is 0. The van der Waals surface area contributed by atoms with Crippen LogP contribution in [0.3, 0.4) is 0 Å². The van der Waals surface area contributed by atoms with Gasteiger partial charge in [-0.2, -0.15) is 0 Å². The zero-order chi connectivity index (χ0) is 14.5. The van der Waals surface area contributed by atoms with Gasteiger partial charge in [-0.15, -0.1) is 0 Å². The van der Waals surface area contributed by atoms with Crippen LogP contribution in [0.1, 0.15) is 25.8 Å². The maximum atomic E-state index is 12.1. The lowest BCUT2D eigenvalue weighted by Crippen LogP contribution is -2.42. The minimum absolute atomic E-state index is 0.0229. The third-order valence-electron chi connectivity index (χ3n) is 3.54. The van der Waals surface area contributed by atoms with E-state index in [1.807, 2.05) is 37.3 Å². The number of carbonyl (C=O) groups is 2. The Balaban J connectivity index is 2.03. The molecule has 1 aliphatic rings. The summed E-state index contributed by atoms with van der Waals surface area (Å²) in [5, 5.41) is 2.80. The molecule has 0 saturated carbocycles. The van der Waals surface area contributed by atoms with Gasteiger partial charge in [0.25, 0.3) is 5.91 Å². The minimum atomic E-state index is -0.321. The van der Waals surface area contributed by atoms with Gasteiger partial charge < -0.3 is 10.2 Å². The highest BCUT2D eigenvalue weighted by Gasteiger charge is 2.37. The molecule has 4 heteroatoms. The van der Waals surface area contributed by atoms with Crippen molar-refractivity contribution in [3.63, 3.8) is 0 Å². The number of hydrogen-bond acceptors (Lipinski definition) is 2. The SMILES string of the molecule is CC#CC(=O)NC1CC(=O)N(Cc2ccccc2)C1C. The molecule has 0 radical (unpaired) electrons. The van der Waals surface area contributed by atoms with Crippen LogP contribution in [-0.4, -0.2) is 28.8 Å². The highest BCUT2D eigenvalue weighted by molar-refractivity contribution is 5.94. The number of amides is 2. The molecule has 4 nitrogen and oxygen atoms in total. The molecular weight excluding hydrogens is 252 g/mol. The topological polar surface area (TPSA) is 49.4 Å². The summed E-state index contributed by atoms with van der Waals surface area (Å²) in [6, 6.07) is 9.66. The average molecular weight is 270 g/mol. The van der Waals surface area contributed by atoms with E-state index in [0.717, 1.165) is 5.56 Å². The zero-order valence-corrected chi connectivity index (χ0v) is 11.7. The Labute approximate surface area is 119 Å². The summed E-state index contributed by atoms with van der Waals surface area (Å²) in [4.78, 5) is 25.4. The lowest BCUT2D eigenvalue weighted by Gasteiger charge is -2.24. The van der Waals surface area contributed by atoms with Crippen molar-refractivity contribution in [1.82, 2.24) is 10.2 Å². The van der Waals surface area contributed by atoms with Crippen LogP contribution in [0.4, 0.5) is 0 Å². The number of rotatable bonds is 3. The monoisotopic (exact) mass is 270 g/mol. The van der Waals surface area contributed by atoms with Crippen molar-refractivity contribution >= 4 is 11.8 Å². The van der Waals surface area contributed by atoms with Crippen molar-refractivity contribution in [2.75, 3.05) is 0 Å². The van der Waals surface area contributed by atoms with Gasteiger partial charge in [0.05, 0.1) is 6.04 Å². The molecule has 0 spiro atoms. The Morgan fingerprint density at radius 2 is 2.10 bits per heavy atom. The molecule has 104 valence electrons. The van der Waals surface area contributed by atoms with E-state index in [1.54, 1.807) is 11.8 Å². The van der Waals surface area contributed by atoms with E-state index < -0.39 is 0 Å². The first-order chi connectivity index (χ1) is 9.61. The fourth-order valence-corrected chi connectivity index (χ4v) is 2.42. The van der Waals surface area contributed by atoms with Gasteiger partial charge in [0.15, 0.2) is 0 Å². The van der Waals surface area contributed by atoms with Crippen LogP contribution in [-0.2, 0) is 16.1 Å². The van der Waals surface area contributed by atoms with Gasteiger partial charge in [0.2, 0.25) is 5.91 Å². The molecule has 2 atom stereocenters. The van der Waals surface area contributed by atoms with Crippen molar-refractivity contribution in [2.24, 2.45) is 0 Å². The smallest absolute Gasteiger partial charge is 0.296 e. The van der Waals surface area contributed by atoms with E-state index in [1.165, 1.54) is 0 Å². The molecule has 1 heterocycles. The van der Waals surface area contributed by atoms with E-state index in [9.17, 15) is 9.59 Å². The second-order valence-corrected chi connectivity index (χ2v) is 4.91. The first kappa shape index (κ1) is 14.1. The van der Waals surface area contributed by atoms with Crippen molar-refractivity contribution < 1.29 is 9.59 Å². The summed E-state index contributed by atoms with van der Waals surface area (Å²) >= 11 is 0. The van der Waals surface area contributed by atoms with E-state index in [2.05, 4.69) is 17.2 Å². The second-order valence-electron chi connectivity index (χ2n) is 4.91. The van der Waals surface area contributed by atoms with Gasteiger partial charge >= 0.3 is 0 Å². The van der Waals surface area contributed by atoms with Gasteiger partial charge in [-0.25, -0.2) is 0 Å². The lowest BCUT2D eigenvalue weighted by molar-refractivity contribution is -0.129. The molecular formula is C16H18N2O2. The number of carbonyl (C=O) groups excluding carboxylic acids is 2. The van der Waals surface area contributed by atoms with Gasteiger partial charge in [0, 0.05) is 19.0 Å². The Bertz CT molecular complexity index is 557. The summed E-state index contributed by atoms with van der Waals surface area (Å²) in [6.07, 6.45) is 0.338. The Hall–Kier alpha value is -2.28. The fraction of sp³-hybridized carbons (Fsp3) is 0.375. The zero-order valence-electron chi connectivity index (χ0n) is 11.7. The van der Waals surface area contributed by atoms with Crippen molar-refractivity contribution in [2.45, 2.75) is 38.9 Å². The molecule has 20 heavy (non-hydrogen) atoms. The molecule has 2 unspecified atom stereocenters. The number of likely N-dealkylation sites (tertiary alicyclic amines) is 1. The van der Waals surface area contributed by atoms with Crippen LogP contribution in [0, 0.1) is 11.8 Å². The summed E-state index contributed by atoms with van der Waals surface area (Å²) in [5.74, 6) is 4.75. The molecule has 1 aliphatic heterocycles. The number of nitrogens with zero attached hydrogens (tertiary/aromatic N) is 1. The maximum Gasteiger partial charge on any atom is 0.296 e. The predicted octanol–water partition coefficient (Wildman–Crippen LogP) is 1.32. The van der Waals surface area contributed by atoms with Crippen LogP contribution in [0.25, 0.3) is 0 Å². The highest BCUT2D eigenvalue weighted by atomic mass is 16.2. The fourth-order valence-electron chi connectivity index (χ4n) is 2.42. The largest absolute Gasteiger partial charge is 0.340 e. The van der Waals surface area contributed by atoms with E-state index in [0.29, 0.717) is 13.0 Å². The molecule has 1 N–H and O–H groups in total. The normalized spacial score (nSPS) is 21.3. The first-order valence-electron chi connectivity index (χ1n) is 6.68. The second kappa shape index (κ2) is 6.25. The van der Waals surface area contributed by atoms with Crippen LogP contribution in [0.5, 0.6) is 0 Å². The average Bonchev–Trinajstić information content (AvgIpc) is 2.68. The van der Waals surface area contributed by atoms with E-state index in [4.69, 9.17) is 0 Å². The molecule has 1 aromatic rings. The first-order valence-corrected chi connectivity index (χ1v) is 6.68. The Morgan fingerprint density at radius 1 is 1.40 bits per heavy atom. The summed E-state index contributed by atoms with van der Waals surface area (Å²) in [6.45, 7) is 4.15. The van der Waals surface area contributed by atoms with Crippen LogP contribution in [0.2, 0.25) is 0 Å². The van der Waals surface area contributed by atoms with Gasteiger partial charge in [-0.05, 0) is 25.3 Å². The van der Waals surface area contributed by atoms with E-state index >= 15 is 0 Å². The molecule has 2 rings (SSSR count). The lowest BCUT2D eigenvalue weighted by atomic mass is 10.1. The molecule has 0 aliphatic carbocycles. The Morgan fingerprint density at radius 3 is 2.75 bits per heavy atom. The molecule has 1 aromatic carbocycles. The van der Waals surface area contributed by atoms with Crippen molar-refractivity contribution in [1.29, 1.82) is 0 Å². The highest BCUT2D eigenvalue weighted by Crippen LogP contribution is 2.21. The molecule has 2 amide bonds. The van der Waals surface area contributed by atoms with Crippen molar-refractivity contribution in [3.8, 4) is 11.8 Å². The van der Waals surface area contributed by atoms with Crippen LogP contribution >= 0.6 is 0 Å².